The van der Waals surface area contributed by atoms with Gasteiger partial charge >= 0.3 is 0 Å². The van der Waals surface area contributed by atoms with Crippen molar-refractivity contribution in [3.8, 4) is 0 Å². The molecule has 0 amide bonds. The first kappa shape index (κ1) is 15.5. The van der Waals surface area contributed by atoms with Crippen molar-refractivity contribution in [2.45, 2.75) is 30.3 Å². The van der Waals surface area contributed by atoms with Gasteiger partial charge in [0.1, 0.15) is 10.7 Å². The zero-order chi connectivity index (χ0) is 15.1. The molecular formula is C12H16ClFN2O3S. The molecule has 1 heterocycles. The molecule has 20 heavy (non-hydrogen) atoms. The Morgan fingerprint density at radius 2 is 2.15 bits per heavy atom. The Labute approximate surface area is 122 Å². The van der Waals surface area contributed by atoms with Gasteiger partial charge in [0, 0.05) is 13.1 Å². The number of hydrogen-bond acceptors (Lipinski definition) is 4. The number of hydrogen-bond donors (Lipinski definition) is 2. The van der Waals surface area contributed by atoms with Gasteiger partial charge in [-0.15, -0.1) is 0 Å². The van der Waals surface area contributed by atoms with Gasteiger partial charge in [0.25, 0.3) is 0 Å². The average molecular weight is 323 g/mol. The third-order valence-electron chi connectivity index (χ3n) is 3.31. The molecule has 0 aliphatic carbocycles. The van der Waals surface area contributed by atoms with Gasteiger partial charge < -0.3 is 10.8 Å². The molecule has 8 heteroatoms. The fourth-order valence-electron chi connectivity index (χ4n) is 2.26. The lowest BCUT2D eigenvalue weighted by molar-refractivity contribution is 0.00940. The second kappa shape index (κ2) is 5.14. The molecule has 5 nitrogen and oxygen atoms in total. The summed E-state index contributed by atoms with van der Waals surface area (Å²) in [6.07, 6.45) is 1.07. The molecule has 1 unspecified atom stereocenters. The van der Waals surface area contributed by atoms with Crippen LogP contribution in [0, 0.1) is 5.82 Å². The van der Waals surface area contributed by atoms with Crippen molar-refractivity contribution in [2.24, 2.45) is 0 Å². The Kier molecular flexibility index (Phi) is 3.98. The van der Waals surface area contributed by atoms with E-state index in [1.165, 1.54) is 0 Å². The molecule has 2 rings (SSSR count). The number of sulfonamides is 1. The van der Waals surface area contributed by atoms with Crippen LogP contribution in [-0.4, -0.2) is 36.5 Å². The lowest BCUT2D eigenvalue weighted by Crippen LogP contribution is -2.48. The summed E-state index contributed by atoms with van der Waals surface area (Å²) in [6.45, 7) is 1.84. The van der Waals surface area contributed by atoms with Gasteiger partial charge in [-0.1, -0.05) is 11.6 Å². The maximum absolute atomic E-state index is 13.3. The van der Waals surface area contributed by atoms with Crippen LogP contribution in [0.25, 0.3) is 0 Å². The zero-order valence-electron chi connectivity index (χ0n) is 10.9. The number of halogens is 2. The van der Waals surface area contributed by atoms with Crippen LogP contribution in [0.4, 0.5) is 10.1 Å². The average Bonchev–Trinajstić information content (AvgIpc) is 2.32. The van der Waals surface area contributed by atoms with Crippen LogP contribution in [0.3, 0.4) is 0 Å². The van der Waals surface area contributed by atoms with E-state index in [2.05, 4.69) is 0 Å². The van der Waals surface area contributed by atoms with Gasteiger partial charge in [0.15, 0.2) is 0 Å². The zero-order valence-corrected chi connectivity index (χ0v) is 12.5. The molecule has 1 aliphatic heterocycles. The number of piperidine rings is 1. The van der Waals surface area contributed by atoms with E-state index in [1.807, 2.05) is 0 Å². The highest BCUT2D eigenvalue weighted by molar-refractivity contribution is 7.89. The molecule has 0 spiro atoms. The molecule has 0 bridgehead atoms. The summed E-state index contributed by atoms with van der Waals surface area (Å²) in [6, 6.07) is 1.89. The normalized spacial score (nSPS) is 24.8. The van der Waals surface area contributed by atoms with Crippen LogP contribution in [0.2, 0.25) is 5.02 Å². The van der Waals surface area contributed by atoms with Gasteiger partial charge in [-0.3, -0.25) is 0 Å². The number of rotatable bonds is 2. The molecule has 1 atom stereocenters. The standard InChI is InChI=1S/C12H16ClFN2O3S/c1-12(17)3-2-4-16(7-12)20(18,19)11-6-10(15)9(14)5-8(11)13/h5-6,17H,2-4,7,15H2,1H3. The van der Waals surface area contributed by atoms with Crippen molar-refractivity contribution >= 4 is 27.3 Å². The third kappa shape index (κ3) is 2.90. The van der Waals surface area contributed by atoms with Crippen molar-refractivity contribution in [1.82, 2.24) is 4.31 Å². The monoisotopic (exact) mass is 322 g/mol. The summed E-state index contributed by atoms with van der Waals surface area (Å²) in [5.74, 6) is -0.764. The molecule has 3 N–H and O–H groups in total. The molecule has 1 aromatic carbocycles. The minimum atomic E-state index is -3.91. The number of benzene rings is 1. The number of nitrogen functional groups attached to an aromatic ring is 1. The first-order valence-electron chi connectivity index (χ1n) is 6.10. The summed E-state index contributed by atoms with van der Waals surface area (Å²) in [5, 5.41) is 9.78. The molecule has 1 fully saturated rings. The van der Waals surface area contributed by atoms with Gasteiger partial charge in [0.2, 0.25) is 10.0 Å². The minimum Gasteiger partial charge on any atom is -0.396 e. The first-order valence-corrected chi connectivity index (χ1v) is 7.92. The van der Waals surface area contributed by atoms with Crippen molar-refractivity contribution in [3.63, 3.8) is 0 Å². The van der Waals surface area contributed by atoms with E-state index < -0.39 is 21.4 Å². The largest absolute Gasteiger partial charge is 0.396 e. The van der Waals surface area contributed by atoms with E-state index in [0.29, 0.717) is 12.8 Å². The van der Waals surface area contributed by atoms with Gasteiger partial charge in [-0.25, -0.2) is 12.8 Å². The van der Waals surface area contributed by atoms with Crippen LogP contribution in [0.1, 0.15) is 19.8 Å². The van der Waals surface area contributed by atoms with E-state index in [9.17, 15) is 17.9 Å². The number of aliphatic hydroxyl groups is 1. The van der Waals surface area contributed by atoms with Crippen molar-refractivity contribution in [3.05, 3.63) is 23.0 Å². The highest BCUT2D eigenvalue weighted by Crippen LogP contribution is 2.31. The number of nitrogens with two attached hydrogens (primary N) is 1. The highest BCUT2D eigenvalue weighted by atomic mass is 35.5. The molecule has 0 saturated carbocycles. The molecular weight excluding hydrogens is 307 g/mol. The van der Waals surface area contributed by atoms with Gasteiger partial charge in [-0.2, -0.15) is 4.31 Å². The van der Waals surface area contributed by atoms with Crippen molar-refractivity contribution < 1.29 is 17.9 Å². The first-order chi connectivity index (χ1) is 9.13. The number of nitrogens with zero attached hydrogens (tertiary/aromatic N) is 1. The summed E-state index contributed by atoms with van der Waals surface area (Å²) in [4.78, 5) is -0.240. The molecule has 0 aromatic heterocycles. The Bertz CT molecular complexity index is 634. The van der Waals surface area contributed by atoms with Crippen LogP contribution in [0.15, 0.2) is 17.0 Å². The maximum atomic E-state index is 13.3. The van der Waals surface area contributed by atoms with Crippen LogP contribution in [-0.2, 0) is 10.0 Å². The van der Waals surface area contributed by atoms with Crippen LogP contribution >= 0.6 is 11.6 Å². The predicted molar refractivity (Wildman–Crippen MR) is 74.4 cm³/mol. The van der Waals surface area contributed by atoms with E-state index in [-0.39, 0.29) is 28.7 Å². The lowest BCUT2D eigenvalue weighted by atomic mass is 9.97. The summed E-state index contributed by atoms with van der Waals surface area (Å²) in [7, 11) is -3.91. The van der Waals surface area contributed by atoms with Crippen LogP contribution < -0.4 is 5.73 Å². The Morgan fingerprint density at radius 1 is 1.50 bits per heavy atom. The van der Waals surface area contributed by atoms with Gasteiger partial charge in [0.05, 0.1) is 16.3 Å². The molecule has 112 valence electrons. The van der Waals surface area contributed by atoms with Crippen molar-refractivity contribution in [1.29, 1.82) is 0 Å². The highest BCUT2D eigenvalue weighted by Gasteiger charge is 2.36. The summed E-state index contributed by atoms with van der Waals surface area (Å²) in [5.41, 5.74) is 4.04. The molecule has 1 saturated heterocycles. The van der Waals surface area contributed by atoms with Crippen molar-refractivity contribution in [2.75, 3.05) is 18.8 Å². The van der Waals surface area contributed by atoms with E-state index in [4.69, 9.17) is 17.3 Å². The molecule has 0 radical (unpaired) electrons. The smallest absolute Gasteiger partial charge is 0.244 e. The van der Waals surface area contributed by atoms with E-state index in [1.54, 1.807) is 6.92 Å². The second-order valence-corrected chi connectivity index (χ2v) is 7.56. The second-order valence-electron chi connectivity index (χ2n) is 5.24. The number of β-amino-alcohol motifs (C(OH)–C–C–N with tert-alkyl or cyclic N) is 1. The van der Waals surface area contributed by atoms with E-state index in [0.717, 1.165) is 16.4 Å². The SMILES string of the molecule is CC1(O)CCCN(S(=O)(=O)c2cc(N)c(F)cc2Cl)C1. The quantitative estimate of drug-likeness (QED) is 0.810. The Balaban J connectivity index is 2.43. The molecule has 1 aromatic rings. The van der Waals surface area contributed by atoms with E-state index >= 15 is 0 Å². The van der Waals surface area contributed by atoms with Gasteiger partial charge in [-0.05, 0) is 31.9 Å². The lowest BCUT2D eigenvalue weighted by Gasteiger charge is -2.36. The Morgan fingerprint density at radius 3 is 2.75 bits per heavy atom. The Hall–Kier alpha value is -0.890. The fourth-order valence-corrected chi connectivity index (χ4v) is 4.38. The predicted octanol–water partition coefficient (Wildman–Crippen LogP) is 1.60. The maximum Gasteiger partial charge on any atom is 0.244 e. The topological polar surface area (TPSA) is 83.6 Å². The minimum absolute atomic E-state index is 0.0249. The third-order valence-corrected chi connectivity index (χ3v) is 5.62. The number of anilines is 1. The molecule has 1 aliphatic rings. The summed E-state index contributed by atoms with van der Waals surface area (Å²) < 4.78 is 39.4. The fraction of sp³-hybridized carbons (Fsp3) is 0.500. The van der Waals surface area contributed by atoms with Crippen LogP contribution in [0.5, 0.6) is 0 Å². The summed E-state index contributed by atoms with van der Waals surface area (Å²) >= 11 is 5.81.